The minimum absolute atomic E-state index is 0.0775. The van der Waals surface area contributed by atoms with Crippen LogP contribution in [0.1, 0.15) is 19.3 Å². The quantitative estimate of drug-likeness (QED) is 0.807. The van der Waals surface area contributed by atoms with Crippen LogP contribution in [0.5, 0.6) is 0 Å². The first kappa shape index (κ1) is 12.9. The number of hydrogen-bond acceptors (Lipinski definition) is 4. The van der Waals surface area contributed by atoms with Crippen molar-refractivity contribution in [3.8, 4) is 0 Å². The van der Waals surface area contributed by atoms with Crippen LogP contribution in [0.15, 0.2) is 21.7 Å². The van der Waals surface area contributed by atoms with Crippen LogP contribution in [0.25, 0.3) is 0 Å². The molecule has 1 fully saturated rings. The Balaban J connectivity index is 1.73. The molecule has 1 aliphatic rings. The van der Waals surface area contributed by atoms with Gasteiger partial charge in [0.2, 0.25) is 5.91 Å². The maximum Gasteiger partial charge on any atom is 0.230 e. The molecule has 0 aliphatic heterocycles. The normalized spacial score (nSPS) is 23.8. The van der Waals surface area contributed by atoms with Crippen molar-refractivity contribution in [2.45, 2.75) is 29.5 Å². The zero-order valence-corrected chi connectivity index (χ0v) is 11.2. The number of rotatable bonds is 5. The van der Waals surface area contributed by atoms with E-state index in [1.165, 1.54) is 4.21 Å². The minimum atomic E-state index is 0.0775. The Kier molecular flexibility index (Phi) is 4.88. The number of hydrogen-bond donors (Lipinski definition) is 2. The lowest BCUT2D eigenvalue weighted by molar-refractivity contribution is -0.119. The molecule has 2 atom stereocenters. The van der Waals surface area contributed by atoms with Gasteiger partial charge in [-0.15, -0.1) is 23.1 Å². The van der Waals surface area contributed by atoms with Crippen LogP contribution in [0.4, 0.5) is 0 Å². The van der Waals surface area contributed by atoms with Crippen LogP contribution in [0.2, 0.25) is 0 Å². The van der Waals surface area contributed by atoms with Crippen LogP contribution in [0, 0.1) is 5.92 Å². The molecule has 2 N–H and O–H groups in total. The van der Waals surface area contributed by atoms with E-state index >= 15 is 0 Å². The molecule has 5 heteroatoms. The summed E-state index contributed by atoms with van der Waals surface area (Å²) in [5, 5.41) is 14.2. The van der Waals surface area contributed by atoms with E-state index in [2.05, 4.69) is 5.32 Å². The zero-order chi connectivity index (χ0) is 12.1. The van der Waals surface area contributed by atoms with Gasteiger partial charge < -0.3 is 10.4 Å². The maximum absolute atomic E-state index is 11.7. The topological polar surface area (TPSA) is 49.3 Å². The van der Waals surface area contributed by atoms with Gasteiger partial charge in [-0.05, 0) is 24.3 Å². The number of thioether (sulfide) groups is 1. The molecule has 0 radical (unpaired) electrons. The number of aliphatic hydroxyl groups excluding tert-OH is 1. The van der Waals surface area contributed by atoms with E-state index in [9.17, 15) is 9.90 Å². The van der Waals surface area contributed by atoms with Crippen molar-refractivity contribution in [3.05, 3.63) is 17.5 Å². The molecule has 94 valence electrons. The van der Waals surface area contributed by atoms with Crippen LogP contribution >= 0.6 is 23.1 Å². The first-order valence-electron chi connectivity index (χ1n) is 5.86. The molecule has 1 aliphatic carbocycles. The van der Waals surface area contributed by atoms with Gasteiger partial charge in [0.1, 0.15) is 0 Å². The van der Waals surface area contributed by atoms with E-state index in [1.807, 2.05) is 17.5 Å². The molecular weight excluding hydrogens is 254 g/mol. The monoisotopic (exact) mass is 271 g/mol. The summed E-state index contributed by atoms with van der Waals surface area (Å²) >= 11 is 3.23. The summed E-state index contributed by atoms with van der Waals surface area (Å²) in [5.41, 5.74) is 0. The van der Waals surface area contributed by atoms with Gasteiger partial charge in [-0.25, -0.2) is 0 Å². The molecule has 2 unspecified atom stereocenters. The van der Waals surface area contributed by atoms with Gasteiger partial charge in [0.05, 0.1) is 9.96 Å². The first-order chi connectivity index (χ1) is 8.29. The van der Waals surface area contributed by atoms with Gasteiger partial charge in [-0.1, -0.05) is 12.5 Å². The smallest absolute Gasteiger partial charge is 0.230 e. The van der Waals surface area contributed by atoms with Crippen LogP contribution in [-0.4, -0.2) is 29.4 Å². The SMILES string of the molecule is O=C(CSc1cccs1)NC1CCCC1CO. The average molecular weight is 271 g/mol. The molecule has 1 saturated carbocycles. The van der Waals surface area contributed by atoms with Crippen LogP contribution in [0.3, 0.4) is 0 Å². The highest BCUT2D eigenvalue weighted by atomic mass is 32.2. The molecule has 1 aromatic heterocycles. The van der Waals surface area contributed by atoms with Gasteiger partial charge in [-0.2, -0.15) is 0 Å². The fourth-order valence-electron chi connectivity index (χ4n) is 2.18. The number of amides is 1. The Morgan fingerprint density at radius 3 is 3.18 bits per heavy atom. The highest BCUT2D eigenvalue weighted by Gasteiger charge is 2.27. The van der Waals surface area contributed by atoms with Crippen molar-refractivity contribution in [1.29, 1.82) is 0 Å². The minimum Gasteiger partial charge on any atom is -0.396 e. The van der Waals surface area contributed by atoms with Crippen molar-refractivity contribution >= 4 is 29.0 Å². The highest BCUT2D eigenvalue weighted by Crippen LogP contribution is 2.26. The summed E-state index contributed by atoms with van der Waals surface area (Å²) in [6.45, 7) is 0.184. The summed E-state index contributed by atoms with van der Waals surface area (Å²) in [7, 11) is 0. The van der Waals surface area contributed by atoms with E-state index in [1.54, 1.807) is 23.1 Å². The zero-order valence-electron chi connectivity index (χ0n) is 9.59. The summed E-state index contributed by atoms with van der Waals surface area (Å²) in [6, 6.07) is 4.19. The van der Waals surface area contributed by atoms with Gasteiger partial charge in [0.15, 0.2) is 0 Å². The molecule has 1 aromatic rings. The summed E-state index contributed by atoms with van der Waals surface area (Å²) in [6.07, 6.45) is 3.13. The second-order valence-electron chi connectivity index (χ2n) is 4.27. The van der Waals surface area contributed by atoms with E-state index in [4.69, 9.17) is 0 Å². The number of nitrogens with one attached hydrogen (secondary N) is 1. The fraction of sp³-hybridized carbons (Fsp3) is 0.583. The Bertz CT molecular complexity index is 353. The van der Waals surface area contributed by atoms with E-state index < -0.39 is 0 Å². The maximum atomic E-state index is 11.7. The Labute approximate surface area is 110 Å². The summed E-state index contributed by atoms with van der Waals surface area (Å²) < 4.78 is 1.17. The molecule has 0 aromatic carbocycles. The third-order valence-electron chi connectivity index (χ3n) is 3.08. The van der Waals surface area contributed by atoms with E-state index in [-0.39, 0.29) is 24.5 Å². The standard InChI is InChI=1S/C12H17NO2S2/c14-7-9-3-1-4-10(9)13-11(15)8-17-12-5-2-6-16-12/h2,5-6,9-10,14H,1,3-4,7-8H2,(H,13,15). The second-order valence-corrected chi connectivity index (χ2v) is 6.49. The second kappa shape index (κ2) is 6.42. The molecule has 2 rings (SSSR count). The molecule has 1 heterocycles. The van der Waals surface area contributed by atoms with Crippen molar-refractivity contribution in [1.82, 2.24) is 5.32 Å². The van der Waals surface area contributed by atoms with Crippen LogP contribution < -0.4 is 5.32 Å². The molecule has 0 saturated heterocycles. The highest BCUT2D eigenvalue weighted by molar-refractivity contribution is 8.01. The van der Waals surface area contributed by atoms with Gasteiger partial charge >= 0.3 is 0 Å². The van der Waals surface area contributed by atoms with Gasteiger partial charge in [0, 0.05) is 18.6 Å². The fourth-order valence-corrected chi connectivity index (χ4v) is 3.77. The number of aliphatic hydroxyl groups is 1. The predicted octanol–water partition coefficient (Wildman–Crippen LogP) is 2.12. The predicted molar refractivity (Wildman–Crippen MR) is 71.4 cm³/mol. The molecule has 17 heavy (non-hydrogen) atoms. The largest absolute Gasteiger partial charge is 0.396 e. The summed E-state index contributed by atoms with van der Waals surface area (Å²) in [4.78, 5) is 11.7. The van der Waals surface area contributed by atoms with Gasteiger partial charge in [-0.3, -0.25) is 4.79 Å². The van der Waals surface area contributed by atoms with Gasteiger partial charge in [0.25, 0.3) is 0 Å². The van der Waals surface area contributed by atoms with Crippen LogP contribution in [-0.2, 0) is 4.79 Å². The first-order valence-corrected chi connectivity index (χ1v) is 7.72. The lowest BCUT2D eigenvalue weighted by atomic mass is 10.1. The van der Waals surface area contributed by atoms with E-state index in [0.29, 0.717) is 5.75 Å². The molecule has 1 amide bonds. The molecule has 3 nitrogen and oxygen atoms in total. The van der Waals surface area contributed by atoms with Crippen molar-refractivity contribution in [2.24, 2.45) is 5.92 Å². The lowest BCUT2D eigenvalue weighted by Gasteiger charge is -2.18. The third-order valence-corrected chi connectivity index (χ3v) is 5.21. The summed E-state index contributed by atoms with van der Waals surface area (Å²) in [5.74, 6) is 0.800. The molecule has 0 spiro atoms. The number of carbonyl (C=O) groups excluding carboxylic acids is 1. The Hall–Kier alpha value is -0.520. The third kappa shape index (κ3) is 3.72. The average Bonchev–Trinajstić information content (AvgIpc) is 2.97. The van der Waals surface area contributed by atoms with E-state index in [0.717, 1.165) is 19.3 Å². The van der Waals surface area contributed by atoms with Crippen molar-refractivity contribution in [2.75, 3.05) is 12.4 Å². The number of thiophene rings is 1. The number of carbonyl (C=O) groups is 1. The van der Waals surface area contributed by atoms with Crippen molar-refractivity contribution in [3.63, 3.8) is 0 Å². The van der Waals surface area contributed by atoms with Crippen molar-refractivity contribution < 1.29 is 9.90 Å². The Morgan fingerprint density at radius 2 is 2.47 bits per heavy atom. The molecule has 0 bridgehead atoms. The Morgan fingerprint density at radius 1 is 1.59 bits per heavy atom. The lowest BCUT2D eigenvalue weighted by Crippen LogP contribution is -2.39. The molecular formula is C12H17NO2S2.